The fourth-order valence-corrected chi connectivity index (χ4v) is 1.99. The lowest BCUT2D eigenvalue weighted by atomic mass is 9.98. The zero-order valence-electron chi connectivity index (χ0n) is 11.4. The number of esters is 1. The van der Waals surface area contributed by atoms with Crippen LogP contribution in [0.2, 0.25) is 0 Å². The van der Waals surface area contributed by atoms with Crippen LogP contribution in [0.4, 0.5) is 0 Å². The summed E-state index contributed by atoms with van der Waals surface area (Å²) < 4.78 is 5.03. The van der Waals surface area contributed by atoms with Gasteiger partial charge in [-0.2, -0.15) is 0 Å². The van der Waals surface area contributed by atoms with Crippen LogP contribution in [-0.2, 0) is 4.74 Å². The van der Waals surface area contributed by atoms with E-state index in [1.807, 2.05) is 6.07 Å². The quantitative estimate of drug-likeness (QED) is 0.632. The third kappa shape index (κ3) is 2.74. The van der Waals surface area contributed by atoms with Gasteiger partial charge in [-0.25, -0.2) is 4.79 Å². The first-order chi connectivity index (χ1) is 9.65. The molecule has 0 amide bonds. The lowest BCUT2D eigenvalue weighted by molar-refractivity contribution is 0.0526. The van der Waals surface area contributed by atoms with E-state index in [2.05, 4.69) is 4.98 Å². The monoisotopic (exact) mass is 269 g/mol. The molecule has 0 spiro atoms. The molecule has 0 unspecified atom stereocenters. The number of ether oxygens (including phenoxy) is 1. The van der Waals surface area contributed by atoms with E-state index in [0.717, 1.165) is 0 Å². The minimum absolute atomic E-state index is 0.0685. The van der Waals surface area contributed by atoms with Gasteiger partial charge in [-0.15, -0.1) is 0 Å². The van der Waals surface area contributed by atoms with Gasteiger partial charge in [0, 0.05) is 17.3 Å². The Balaban J connectivity index is 2.59. The fraction of sp³-hybridized carbons (Fsp3) is 0.188. The zero-order chi connectivity index (χ0) is 14.5. The molecule has 102 valence electrons. The van der Waals surface area contributed by atoms with Crippen molar-refractivity contribution < 1.29 is 14.3 Å². The van der Waals surface area contributed by atoms with Gasteiger partial charge in [0.25, 0.3) is 0 Å². The second kappa shape index (κ2) is 6.10. The summed E-state index contributed by atoms with van der Waals surface area (Å²) in [6.45, 7) is 3.53. The highest BCUT2D eigenvalue weighted by Gasteiger charge is 2.18. The molecule has 0 radical (unpaired) electrons. The Hall–Kier alpha value is -2.49. The van der Waals surface area contributed by atoms with E-state index in [-0.39, 0.29) is 5.78 Å². The van der Waals surface area contributed by atoms with E-state index in [9.17, 15) is 9.59 Å². The van der Waals surface area contributed by atoms with Gasteiger partial charge in [-0.05, 0) is 26.0 Å². The summed E-state index contributed by atoms with van der Waals surface area (Å²) >= 11 is 0. The van der Waals surface area contributed by atoms with Crippen molar-refractivity contribution in [3.8, 4) is 11.3 Å². The Morgan fingerprint density at radius 2 is 1.80 bits per heavy atom. The van der Waals surface area contributed by atoms with E-state index in [1.54, 1.807) is 43.5 Å². The number of nitrogens with zero attached hydrogens (tertiary/aromatic N) is 1. The van der Waals surface area contributed by atoms with Crippen molar-refractivity contribution in [2.45, 2.75) is 13.8 Å². The van der Waals surface area contributed by atoms with Crippen LogP contribution in [0.3, 0.4) is 0 Å². The van der Waals surface area contributed by atoms with Gasteiger partial charge in [0.05, 0.1) is 17.9 Å². The van der Waals surface area contributed by atoms with Crippen molar-refractivity contribution in [2.75, 3.05) is 6.61 Å². The molecule has 2 aromatic rings. The molecule has 4 heteroatoms. The molecule has 0 fully saturated rings. The third-order valence-corrected chi connectivity index (χ3v) is 2.86. The fourth-order valence-electron chi connectivity index (χ4n) is 1.99. The minimum atomic E-state index is -0.436. The molecule has 1 aromatic carbocycles. The van der Waals surface area contributed by atoms with Crippen LogP contribution >= 0.6 is 0 Å². The first-order valence-electron chi connectivity index (χ1n) is 6.37. The number of hydrogen-bond donors (Lipinski definition) is 0. The number of carbonyl (C=O) groups excluding carboxylic acids is 2. The van der Waals surface area contributed by atoms with Crippen LogP contribution < -0.4 is 0 Å². The number of ketones is 1. The average Bonchev–Trinajstić information content (AvgIpc) is 2.47. The molecule has 0 aliphatic rings. The maximum absolute atomic E-state index is 12.0. The van der Waals surface area contributed by atoms with E-state index in [1.165, 1.54) is 6.92 Å². The molecular formula is C16H15NO3. The highest BCUT2D eigenvalue weighted by atomic mass is 16.5. The standard InChI is InChI=1S/C16H15NO3/c1-3-20-16(19)14-9-6-10-17-15(14)13-8-5-4-7-12(13)11(2)18/h4-10H,3H2,1-2H3. The molecular weight excluding hydrogens is 254 g/mol. The largest absolute Gasteiger partial charge is 0.462 e. The van der Waals surface area contributed by atoms with Crippen LogP contribution in [0.1, 0.15) is 34.6 Å². The summed E-state index contributed by atoms with van der Waals surface area (Å²) in [5, 5.41) is 0. The Bertz CT molecular complexity index is 650. The summed E-state index contributed by atoms with van der Waals surface area (Å²) in [6.07, 6.45) is 1.59. The van der Waals surface area contributed by atoms with Crippen molar-refractivity contribution in [2.24, 2.45) is 0 Å². The number of hydrogen-bond acceptors (Lipinski definition) is 4. The maximum atomic E-state index is 12.0. The predicted molar refractivity (Wildman–Crippen MR) is 75.6 cm³/mol. The molecule has 0 N–H and O–H groups in total. The lowest BCUT2D eigenvalue weighted by Crippen LogP contribution is -2.08. The molecule has 4 nitrogen and oxygen atoms in total. The van der Waals surface area contributed by atoms with Gasteiger partial charge in [-0.1, -0.05) is 24.3 Å². The van der Waals surface area contributed by atoms with Gasteiger partial charge in [0.15, 0.2) is 5.78 Å². The van der Waals surface area contributed by atoms with Gasteiger partial charge in [0.2, 0.25) is 0 Å². The minimum Gasteiger partial charge on any atom is -0.462 e. The maximum Gasteiger partial charge on any atom is 0.340 e. The van der Waals surface area contributed by atoms with Crippen molar-refractivity contribution >= 4 is 11.8 Å². The van der Waals surface area contributed by atoms with Gasteiger partial charge < -0.3 is 4.74 Å². The first kappa shape index (κ1) is 13.9. The molecule has 1 heterocycles. The highest BCUT2D eigenvalue weighted by Crippen LogP contribution is 2.25. The smallest absolute Gasteiger partial charge is 0.340 e. The van der Waals surface area contributed by atoms with Gasteiger partial charge in [0.1, 0.15) is 0 Å². The van der Waals surface area contributed by atoms with E-state index in [4.69, 9.17) is 4.74 Å². The summed E-state index contributed by atoms with van der Waals surface area (Å²) in [4.78, 5) is 27.9. The third-order valence-electron chi connectivity index (χ3n) is 2.86. The normalized spacial score (nSPS) is 10.1. The van der Waals surface area contributed by atoms with Crippen LogP contribution in [0, 0.1) is 0 Å². The molecule has 0 atom stereocenters. The number of pyridine rings is 1. The van der Waals surface area contributed by atoms with Crippen LogP contribution in [0.25, 0.3) is 11.3 Å². The highest BCUT2D eigenvalue weighted by molar-refractivity contribution is 6.04. The molecule has 2 rings (SSSR count). The van der Waals surface area contributed by atoms with Crippen LogP contribution in [0.15, 0.2) is 42.6 Å². The molecule has 20 heavy (non-hydrogen) atoms. The van der Waals surface area contributed by atoms with Crippen LogP contribution in [0.5, 0.6) is 0 Å². The number of carbonyl (C=O) groups is 2. The second-order valence-electron chi connectivity index (χ2n) is 4.22. The topological polar surface area (TPSA) is 56.3 Å². The predicted octanol–water partition coefficient (Wildman–Crippen LogP) is 3.13. The van der Waals surface area contributed by atoms with E-state index in [0.29, 0.717) is 29.0 Å². The SMILES string of the molecule is CCOC(=O)c1cccnc1-c1ccccc1C(C)=O. The molecule has 0 aliphatic heterocycles. The van der Waals surface area contributed by atoms with Crippen molar-refractivity contribution in [1.82, 2.24) is 4.98 Å². The second-order valence-corrected chi connectivity index (χ2v) is 4.22. The average molecular weight is 269 g/mol. The summed E-state index contributed by atoms with van der Waals surface area (Å²) in [5.41, 5.74) is 2.01. The van der Waals surface area contributed by atoms with Crippen molar-refractivity contribution in [1.29, 1.82) is 0 Å². The summed E-state index contributed by atoms with van der Waals surface area (Å²) in [6, 6.07) is 10.4. The number of Topliss-reactive ketones (excluding diaryl/α,β-unsaturated/α-hetero) is 1. The van der Waals surface area contributed by atoms with Crippen LogP contribution in [-0.4, -0.2) is 23.3 Å². The van der Waals surface area contributed by atoms with E-state index >= 15 is 0 Å². The lowest BCUT2D eigenvalue weighted by Gasteiger charge is -2.10. The molecule has 0 saturated carbocycles. The number of benzene rings is 1. The molecule has 0 aliphatic carbocycles. The van der Waals surface area contributed by atoms with Gasteiger partial charge in [-0.3, -0.25) is 9.78 Å². The zero-order valence-corrected chi connectivity index (χ0v) is 11.4. The Morgan fingerprint density at radius 1 is 1.10 bits per heavy atom. The number of rotatable bonds is 4. The van der Waals surface area contributed by atoms with Crippen molar-refractivity contribution in [3.05, 3.63) is 53.7 Å². The Labute approximate surface area is 117 Å². The van der Waals surface area contributed by atoms with E-state index < -0.39 is 5.97 Å². The Kier molecular flexibility index (Phi) is 4.25. The molecule has 1 aromatic heterocycles. The summed E-state index contributed by atoms with van der Waals surface area (Å²) in [5.74, 6) is -0.505. The molecule has 0 saturated heterocycles. The summed E-state index contributed by atoms with van der Waals surface area (Å²) in [7, 11) is 0. The Morgan fingerprint density at radius 3 is 2.50 bits per heavy atom. The van der Waals surface area contributed by atoms with Gasteiger partial charge >= 0.3 is 5.97 Å². The van der Waals surface area contributed by atoms with Crippen molar-refractivity contribution in [3.63, 3.8) is 0 Å². The molecule has 0 bridgehead atoms. The first-order valence-corrected chi connectivity index (χ1v) is 6.37. The number of aromatic nitrogens is 1.